The summed E-state index contributed by atoms with van der Waals surface area (Å²) in [6.45, 7) is 2.37. The molecule has 0 radical (unpaired) electrons. The van der Waals surface area contributed by atoms with Crippen molar-refractivity contribution in [3.63, 3.8) is 0 Å². The van der Waals surface area contributed by atoms with Gasteiger partial charge in [-0.1, -0.05) is 18.2 Å². The first-order chi connectivity index (χ1) is 12.9. The minimum absolute atomic E-state index is 0.00622. The van der Waals surface area contributed by atoms with Gasteiger partial charge in [-0.2, -0.15) is 0 Å². The van der Waals surface area contributed by atoms with E-state index >= 15 is 0 Å². The van der Waals surface area contributed by atoms with E-state index in [1.807, 2.05) is 29.2 Å². The molecule has 142 valence electrons. The molecule has 0 fully saturated rings. The van der Waals surface area contributed by atoms with Gasteiger partial charge in [0.25, 0.3) is 0 Å². The van der Waals surface area contributed by atoms with Crippen molar-refractivity contribution < 1.29 is 9.59 Å². The van der Waals surface area contributed by atoms with Gasteiger partial charge in [0.2, 0.25) is 11.8 Å². The number of anilines is 2. The van der Waals surface area contributed by atoms with E-state index in [9.17, 15) is 9.59 Å². The van der Waals surface area contributed by atoms with Gasteiger partial charge in [0.1, 0.15) is 5.82 Å². The van der Waals surface area contributed by atoms with E-state index in [4.69, 9.17) is 0 Å². The molecule has 2 amide bonds. The monoisotopic (exact) mass is 430 g/mol. The highest BCUT2D eigenvalue weighted by Gasteiger charge is 2.28. The normalized spacial score (nSPS) is 16.1. The lowest BCUT2D eigenvalue weighted by atomic mass is 9.96. The van der Waals surface area contributed by atoms with Crippen LogP contribution in [0.4, 0.5) is 11.5 Å². The van der Waals surface area contributed by atoms with Crippen LogP contribution in [0, 0.1) is 0 Å². The van der Waals surface area contributed by atoms with Crippen LogP contribution in [-0.4, -0.2) is 47.9 Å². The molecule has 0 bridgehead atoms. The van der Waals surface area contributed by atoms with Gasteiger partial charge in [-0.15, -0.1) is 0 Å². The van der Waals surface area contributed by atoms with Crippen molar-refractivity contribution in [1.29, 1.82) is 0 Å². The van der Waals surface area contributed by atoms with Crippen LogP contribution in [0.25, 0.3) is 0 Å². The Morgan fingerprint density at radius 1 is 1.26 bits per heavy atom. The number of benzene rings is 1. The molecule has 1 unspecified atom stereocenters. The Hall–Kier alpha value is -2.25. The number of nitrogens with zero attached hydrogens (tertiary/aromatic N) is 3. The smallest absolute Gasteiger partial charge is 0.241 e. The number of fused-ring (bicyclic) bond motifs is 1. The summed E-state index contributed by atoms with van der Waals surface area (Å²) in [5.41, 5.74) is 2.18. The number of aromatic nitrogens is 1. The summed E-state index contributed by atoms with van der Waals surface area (Å²) in [6, 6.07) is 11.7. The predicted octanol–water partition coefficient (Wildman–Crippen LogP) is 3.08. The summed E-state index contributed by atoms with van der Waals surface area (Å²) in [5, 5.41) is 2.74. The molecule has 3 rings (SSSR count). The molecule has 1 aliphatic rings. The highest BCUT2D eigenvalue weighted by Crippen LogP contribution is 2.30. The second-order valence-electron chi connectivity index (χ2n) is 6.86. The molecule has 6 nitrogen and oxygen atoms in total. The lowest BCUT2D eigenvalue weighted by Crippen LogP contribution is -2.47. The first-order valence-electron chi connectivity index (χ1n) is 8.94. The van der Waals surface area contributed by atoms with Gasteiger partial charge < -0.3 is 10.2 Å². The fourth-order valence-electron chi connectivity index (χ4n) is 3.31. The van der Waals surface area contributed by atoms with E-state index in [1.165, 1.54) is 5.56 Å². The van der Waals surface area contributed by atoms with Crippen molar-refractivity contribution in [2.75, 3.05) is 30.4 Å². The zero-order valence-electron chi connectivity index (χ0n) is 15.5. The van der Waals surface area contributed by atoms with E-state index in [0.717, 1.165) is 23.0 Å². The van der Waals surface area contributed by atoms with Crippen LogP contribution >= 0.6 is 15.9 Å². The number of likely N-dealkylation sites (N-methyl/N-ethyl adjacent to an activating group) is 1. The van der Waals surface area contributed by atoms with E-state index in [-0.39, 0.29) is 30.9 Å². The molecule has 1 aromatic heterocycles. The average molecular weight is 431 g/mol. The molecule has 1 N–H and O–H groups in total. The van der Waals surface area contributed by atoms with Gasteiger partial charge in [0.15, 0.2) is 0 Å². The standard InChI is InChI=1S/C20H23BrN4O2/c1-14-7-8-15-5-3-4-6-17(15)25(14)20(27)13-24(2)12-19(26)23-18-10-9-16(21)11-22-18/h3-6,9-11,14H,7-8,12-13H2,1-2H3,(H,22,23,26). The average Bonchev–Trinajstić information content (AvgIpc) is 2.63. The summed E-state index contributed by atoms with van der Waals surface area (Å²) >= 11 is 3.31. The third-order valence-corrected chi connectivity index (χ3v) is 5.07. The minimum Gasteiger partial charge on any atom is -0.310 e. The van der Waals surface area contributed by atoms with Crippen molar-refractivity contribution in [3.05, 3.63) is 52.6 Å². The second-order valence-corrected chi connectivity index (χ2v) is 7.78. The minimum atomic E-state index is -0.202. The van der Waals surface area contributed by atoms with Crippen LogP contribution in [0.5, 0.6) is 0 Å². The highest BCUT2D eigenvalue weighted by molar-refractivity contribution is 9.10. The SMILES string of the molecule is CC1CCc2ccccc2N1C(=O)CN(C)CC(=O)Nc1ccc(Br)cn1. The van der Waals surface area contributed by atoms with Crippen molar-refractivity contribution in [1.82, 2.24) is 9.88 Å². The molecular weight excluding hydrogens is 408 g/mol. The summed E-state index contributed by atoms with van der Waals surface area (Å²) in [7, 11) is 1.77. The highest BCUT2D eigenvalue weighted by atomic mass is 79.9. The van der Waals surface area contributed by atoms with E-state index in [1.54, 1.807) is 24.2 Å². The van der Waals surface area contributed by atoms with Crippen LogP contribution < -0.4 is 10.2 Å². The Morgan fingerprint density at radius 3 is 2.78 bits per heavy atom. The molecule has 0 saturated heterocycles. The summed E-state index contributed by atoms with van der Waals surface area (Å²) < 4.78 is 0.846. The Labute approximate surface area is 167 Å². The molecule has 0 saturated carbocycles. The molecule has 2 aromatic rings. The maximum atomic E-state index is 12.9. The van der Waals surface area contributed by atoms with Crippen LogP contribution in [0.3, 0.4) is 0 Å². The first kappa shape index (κ1) is 19.5. The number of hydrogen-bond donors (Lipinski definition) is 1. The number of carbonyl (C=O) groups is 2. The zero-order chi connectivity index (χ0) is 19.4. The third kappa shape index (κ3) is 4.93. The van der Waals surface area contributed by atoms with E-state index in [2.05, 4.69) is 39.2 Å². The van der Waals surface area contributed by atoms with Gasteiger partial charge in [-0.3, -0.25) is 14.5 Å². The Balaban J connectivity index is 1.59. The number of aryl methyl sites for hydroxylation is 1. The fourth-order valence-corrected chi connectivity index (χ4v) is 3.54. The predicted molar refractivity (Wildman–Crippen MR) is 110 cm³/mol. The number of halogens is 1. The number of para-hydroxylation sites is 1. The van der Waals surface area contributed by atoms with Crippen molar-refractivity contribution in [3.8, 4) is 0 Å². The second kappa shape index (κ2) is 8.63. The Bertz CT molecular complexity index is 825. The van der Waals surface area contributed by atoms with Crippen LogP contribution in [0.2, 0.25) is 0 Å². The van der Waals surface area contributed by atoms with E-state index in [0.29, 0.717) is 5.82 Å². The third-order valence-electron chi connectivity index (χ3n) is 4.61. The topological polar surface area (TPSA) is 65.5 Å². The van der Waals surface area contributed by atoms with Crippen molar-refractivity contribution >= 4 is 39.2 Å². The van der Waals surface area contributed by atoms with Gasteiger partial charge in [0, 0.05) is 22.4 Å². The van der Waals surface area contributed by atoms with Crippen molar-refractivity contribution in [2.24, 2.45) is 0 Å². The van der Waals surface area contributed by atoms with Crippen molar-refractivity contribution in [2.45, 2.75) is 25.8 Å². The fraction of sp³-hybridized carbons (Fsp3) is 0.350. The number of nitrogens with one attached hydrogen (secondary N) is 1. The van der Waals surface area contributed by atoms with E-state index < -0.39 is 0 Å². The summed E-state index contributed by atoms with van der Waals surface area (Å²) in [6.07, 6.45) is 3.56. The van der Waals surface area contributed by atoms with Gasteiger partial charge in [-0.25, -0.2) is 4.98 Å². The Morgan fingerprint density at radius 2 is 2.04 bits per heavy atom. The lowest BCUT2D eigenvalue weighted by Gasteiger charge is -2.36. The maximum Gasteiger partial charge on any atom is 0.241 e. The maximum absolute atomic E-state index is 12.9. The summed E-state index contributed by atoms with van der Waals surface area (Å²) in [5.74, 6) is 0.292. The number of rotatable bonds is 5. The molecular formula is C20H23BrN4O2. The Kier molecular flexibility index (Phi) is 6.23. The first-order valence-corrected chi connectivity index (χ1v) is 9.73. The molecule has 0 aliphatic carbocycles. The zero-order valence-corrected chi connectivity index (χ0v) is 17.1. The van der Waals surface area contributed by atoms with Crippen LogP contribution in [0.1, 0.15) is 18.9 Å². The molecule has 1 atom stereocenters. The number of pyridine rings is 1. The largest absolute Gasteiger partial charge is 0.310 e. The molecule has 27 heavy (non-hydrogen) atoms. The molecule has 1 aliphatic heterocycles. The number of amides is 2. The van der Waals surface area contributed by atoms with Crippen LogP contribution in [0.15, 0.2) is 47.1 Å². The van der Waals surface area contributed by atoms with Gasteiger partial charge in [-0.05, 0) is 66.5 Å². The lowest BCUT2D eigenvalue weighted by molar-refractivity contribution is -0.121. The van der Waals surface area contributed by atoms with Gasteiger partial charge in [0.05, 0.1) is 13.1 Å². The number of carbonyl (C=O) groups excluding carboxylic acids is 2. The molecule has 0 spiro atoms. The van der Waals surface area contributed by atoms with Gasteiger partial charge >= 0.3 is 0 Å². The molecule has 2 heterocycles. The quantitative estimate of drug-likeness (QED) is 0.791. The molecule has 1 aromatic carbocycles. The number of hydrogen-bond acceptors (Lipinski definition) is 4. The molecule has 7 heteroatoms. The summed E-state index contributed by atoms with van der Waals surface area (Å²) in [4.78, 5) is 32.8. The van der Waals surface area contributed by atoms with Crippen LogP contribution in [-0.2, 0) is 16.0 Å².